The van der Waals surface area contributed by atoms with Gasteiger partial charge in [0.05, 0.1) is 12.1 Å². The molecule has 0 radical (unpaired) electrons. The number of benzene rings is 1. The van der Waals surface area contributed by atoms with Gasteiger partial charge < -0.3 is 10.1 Å². The van der Waals surface area contributed by atoms with Crippen molar-refractivity contribution >= 4 is 34.2 Å². The maximum Gasteiger partial charge on any atom is 0.161 e. The summed E-state index contributed by atoms with van der Waals surface area (Å²) in [4.78, 5) is 4.77. The Balaban J connectivity index is 1.66. The molecule has 1 saturated carbocycles. The predicted molar refractivity (Wildman–Crippen MR) is 91.9 cm³/mol. The van der Waals surface area contributed by atoms with E-state index in [1.165, 1.54) is 37.9 Å². The van der Waals surface area contributed by atoms with E-state index < -0.39 is 0 Å². The molecule has 21 heavy (non-hydrogen) atoms. The zero-order valence-electron chi connectivity index (χ0n) is 12.3. The normalized spacial score (nSPS) is 21.0. The fourth-order valence-electron chi connectivity index (χ4n) is 3.09. The summed E-state index contributed by atoms with van der Waals surface area (Å²) in [5.41, 5.74) is 1.44. The van der Waals surface area contributed by atoms with Crippen LogP contribution in [0.2, 0.25) is 5.02 Å². The Bertz CT molecular complexity index is 541. The van der Waals surface area contributed by atoms with Gasteiger partial charge in [0.15, 0.2) is 5.17 Å². The van der Waals surface area contributed by atoms with Gasteiger partial charge in [-0.15, -0.1) is 0 Å². The first-order chi connectivity index (χ1) is 10.2. The number of aliphatic imine (C=N–C) groups is 1. The fraction of sp³-hybridized carbons (Fsp3) is 0.562. The summed E-state index contributed by atoms with van der Waals surface area (Å²) in [5, 5.41) is 5.02. The number of thioether (sulfide) groups is 1. The smallest absolute Gasteiger partial charge is 0.161 e. The van der Waals surface area contributed by atoms with Crippen molar-refractivity contribution in [2.24, 2.45) is 10.4 Å². The molecule has 2 aliphatic rings. The number of hydrogen-bond acceptors (Lipinski definition) is 4. The number of halogens is 1. The highest BCUT2D eigenvalue weighted by Crippen LogP contribution is 2.42. The summed E-state index contributed by atoms with van der Waals surface area (Å²) in [6.07, 6.45) is 6.81. The maximum atomic E-state index is 6.05. The van der Waals surface area contributed by atoms with Crippen molar-refractivity contribution in [3.63, 3.8) is 0 Å². The van der Waals surface area contributed by atoms with E-state index in [0.717, 1.165) is 17.4 Å². The van der Waals surface area contributed by atoms with Crippen molar-refractivity contribution < 1.29 is 4.74 Å². The number of ether oxygens (including phenoxy) is 1. The van der Waals surface area contributed by atoms with Crippen LogP contribution >= 0.6 is 23.4 Å². The Morgan fingerprint density at radius 2 is 2.10 bits per heavy atom. The number of hydrogen-bond donors (Lipinski definition) is 1. The number of methoxy groups -OCH3 is 1. The van der Waals surface area contributed by atoms with E-state index in [0.29, 0.717) is 16.2 Å². The minimum Gasteiger partial charge on any atom is -0.495 e. The van der Waals surface area contributed by atoms with Gasteiger partial charge in [0.2, 0.25) is 0 Å². The molecule has 0 aromatic heterocycles. The molecule has 3 rings (SSSR count). The minimum absolute atomic E-state index is 0.464. The Morgan fingerprint density at radius 3 is 2.76 bits per heavy atom. The second kappa shape index (κ2) is 6.49. The average Bonchev–Trinajstić information content (AvgIpc) is 2.52. The first kappa shape index (κ1) is 15.0. The standard InChI is InChI=1S/C16H21ClN2OS/c1-20-14-9-12(5-6-13(14)17)19-15-18-10-16(11-21-15)7-3-2-4-8-16/h5-6,9H,2-4,7-8,10-11H2,1H3,(H,18,19). The fourth-order valence-corrected chi connectivity index (χ4v) is 4.46. The van der Waals surface area contributed by atoms with Gasteiger partial charge in [-0.25, -0.2) is 0 Å². The molecule has 114 valence electrons. The highest BCUT2D eigenvalue weighted by atomic mass is 35.5. The summed E-state index contributed by atoms with van der Waals surface area (Å²) in [5.74, 6) is 1.87. The van der Waals surface area contributed by atoms with Gasteiger partial charge in [-0.1, -0.05) is 42.6 Å². The van der Waals surface area contributed by atoms with Gasteiger partial charge in [-0.05, 0) is 30.4 Å². The van der Waals surface area contributed by atoms with Gasteiger partial charge in [0.25, 0.3) is 0 Å². The molecule has 1 aliphatic heterocycles. The number of rotatable bonds is 2. The van der Waals surface area contributed by atoms with E-state index in [1.54, 1.807) is 7.11 Å². The van der Waals surface area contributed by atoms with Crippen molar-refractivity contribution in [1.82, 2.24) is 0 Å². The van der Waals surface area contributed by atoms with Crippen LogP contribution in [0.15, 0.2) is 23.2 Å². The van der Waals surface area contributed by atoms with E-state index in [9.17, 15) is 0 Å². The lowest BCUT2D eigenvalue weighted by Gasteiger charge is -2.38. The van der Waals surface area contributed by atoms with E-state index in [-0.39, 0.29) is 0 Å². The lowest BCUT2D eigenvalue weighted by molar-refractivity contribution is 0.232. The summed E-state index contributed by atoms with van der Waals surface area (Å²) in [6.45, 7) is 0.965. The number of amidine groups is 1. The highest BCUT2D eigenvalue weighted by molar-refractivity contribution is 8.14. The van der Waals surface area contributed by atoms with Gasteiger partial charge in [0.1, 0.15) is 5.75 Å². The Labute approximate surface area is 135 Å². The third-order valence-electron chi connectivity index (χ3n) is 4.39. The molecular weight excluding hydrogens is 304 g/mol. The summed E-state index contributed by atoms with van der Waals surface area (Å²) in [6, 6.07) is 5.72. The Kier molecular flexibility index (Phi) is 4.65. The van der Waals surface area contributed by atoms with E-state index in [4.69, 9.17) is 21.3 Å². The van der Waals surface area contributed by atoms with Crippen LogP contribution in [0.5, 0.6) is 5.75 Å². The van der Waals surface area contributed by atoms with Crippen LogP contribution < -0.4 is 10.1 Å². The van der Waals surface area contributed by atoms with E-state index >= 15 is 0 Å². The van der Waals surface area contributed by atoms with Crippen LogP contribution in [0, 0.1) is 5.41 Å². The van der Waals surface area contributed by atoms with Crippen molar-refractivity contribution in [2.45, 2.75) is 32.1 Å². The molecule has 0 saturated heterocycles. The van der Waals surface area contributed by atoms with Crippen LogP contribution in [0.4, 0.5) is 5.69 Å². The monoisotopic (exact) mass is 324 g/mol. The molecule has 1 aromatic carbocycles. The van der Waals surface area contributed by atoms with E-state index in [1.807, 2.05) is 30.0 Å². The lowest BCUT2D eigenvalue weighted by atomic mass is 9.75. The summed E-state index contributed by atoms with van der Waals surface area (Å²) in [7, 11) is 1.63. The van der Waals surface area contributed by atoms with E-state index in [2.05, 4.69) is 5.32 Å². The first-order valence-electron chi connectivity index (χ1n) is 7.49. The molecule has 1 fully saturated rings. The molecule has 5 heteroatoms. The van der Waals surface area contributed by atoms with Crippen LogP contribution in [-0.2, 0) is 0 Å². The Morgan fingerprint density at radius 1 is 1.29 bits per heavy atom. The van der Waals surface area contributed by atoms with Crippen molar-refractivity contribution in [3.8, 4) is 5.75 Å². The quantitative estimate of drug-likeness (QED) is 0.847. The largest absolute Gasteiger partial charge is 0.495 e. The van der Waals surface area contributed by atoms with Crippen LogP contribution in [0.3, 0.4) is 0 Å². The van der Waals surface area contributed by atoms with Gasteiger partial charge in [0, 0.05) is 24.1 Å². The predicted octanol–water partition coefficient (Wildman–Crippen LogP) is 4.81. The molecular formula is C16H21ClN2OS. The minimum atomic E-state index is 0.464. The molecule has 1 aromatic rings. The van der Waals surface area contributed by atoms with Gasteiger partial charge in [-0.2, -0.15) is 0 Å². The summed E-state index contributed by atoms with van der Waals surface area (Å²) >= 11 is 7.89. The summed E-state index contributed by atoms with van der Waals surface area (Å²) < 4.78 is 5.25. The van der Waals surface area contributed by atoms with Crippen LogP contribution in [0.1, 0.15) is 32.1 Å². The maximum absolute atomic E-state index is 6.05. The SMILES string of the molecule is COc1cc(NC2=NCC3(CCCCC3)CS2)ccc1Cl. The zero-order valence-corrected chi connectivity index (χ0v) is 13.9. The van der Waals surface area contributed by atoms with Gasteiger partial charge >= 0.3 is 0 Å². The molecule has 1 spiro atoms. The molecule has 0 bridgehead atoms. The Hall–Kier alpha value is -0.870. The molecule has 0 amide bonds. The van der Waals surface area contributed by atoms with Crippen LogP contribution in [-0.4, -0.2) is 24.6 Å². The molecule has 0 unspecified atom stereocenters. The van der Waals surface area contributed by atoms with Crippen molar-refractivity contribution in [3.05, 3.63) is 23.2 Å². The number of nitrogens with one attached hydrogen (secondary N) is 1. The molecule has 1 heterocycles. The molecule has 0 atom stereocenters. The first-order valence-corrected chi connectivity index (χ1v) is 8.85. The third kappa shape index (κ3) is 3.49. The molecule has 1 N–H and O–H groups in total. The zero-order chi connectivity index (χ0) is 14.7. The van der Waals surface area contributed by atoms with Crippen molar-refractivity contribution in [2.75, 3.05) is 24.7 Å². The van der Waals surface area contributed by atoms with Crippen molar-refractivity contribution in [1.29, 1.82) is 0 Å². The number of anilines is 1. The topological polar surface area (TPSA) is 33.6 Å². The molecule has 1 aliphatic carbocycles. The second-order valence-electron chi connectivity index (χ2n) is 5.95. The molecule has 3 nitrogen and oxygen atoms in total. The third-order valence-corrected chi connectivity index (χ3v) is 5.96. The van der Waals surface area contributed by atoms with Gasteiger partial charge in [-0.3, -0.25) is 4.99 Å². The highest BCUT2D eigenvalue weighted by Gasteiger charge is 2.34. The van der Waals surface area contributed by atoms with Crippen LogP contribution in [0.25, 0.3) is 0 Å². The number of nitrogens with zero attached hydrogens (tertiary/aromatic N) is 1. The lowest BCUT2D eigenvalue weighted by Crippen LogP contribution is -2.35. The second-order valence-corrected chi connectivity index (χ2v) is 7.32. The average molecular weight is 325 g/mol.